The summed E-state index contributed by atoms with van der Waals surface area (Å²) in [4.78, 5) is 46.6. The van der Waals surface area contributed by atoms with Gasteiger partial charge in [0.1, 0.15) is 5.82 Å². The highest BCUT2D eigenvalue weighted by Gasteiger charge is 2.24. The average molecular weight is 499 g/mol. The number of carbonyl (C=O) groups is 1. The van der Waals surface area contributed by atoms with Crippen LogP contribution >= 0.6 is 11.8 Å². The lowest BCUT2D eigenvalue weighted by atomic mass is 10.0. The first-order valence-electron chi connectivity index (χ1n) is 12.0. The van der Waals surface area contributed by atoms with Gasteiger partial charge in [0.25, 0.3) is 5.56 Å². The third-order valence-corrected chi connectivity index (χ3v) is 6.67. The molecule has 0 fully saturated rings. The lowest BCUT2D eigenvalue weighted by Gasteiger charge is -2.24. The number of nitrogens with one attached hydrogen (secondary N) is 1. The summed E-state index contributed by atoms with van der Waals surface area (Å²) in [5, 5.41) is 0.680. The van der Waals surface area contributed by atoms with Crippen molar-refractivity contribution in [3.8, 4) is 5.69 Å². The topological polar surface area (TPSA) is 119 Å². The van der Waals surface area contributed by atoms with Crippen molar-refractivity contribution in [3.63, 3.8) is 0 Å². The van der Waals surface area contributed by atoms with Gasteiger partial charge >= 0.3 is 5.69 Å². The van der Waals surface area contributed by atoms with E-state index in [-0.39, 0.29) is 23.2 Å². The van der Waals surface area contributed by atoms with Crippen LogP contribution in [0, 0.1) is 0 Å². The van der Waals surface area contributed by atoms with Crippen molar-refractivity contribution in [2.24, 2.45) is 0 Å². The highest BCUT2D eigenvalue weighted by atomic mass is 32.2. The first kappa shape index (κ1) is 26.3. The lowest BCUT2D eigenvalue weighted by Crippen LogP contribution is -2.42. The van der Waals surface area contributed by atoms with Gasteiger partial charge in [-0.3, -0.25) is 23.7 Å². The molecule has 0 aliphatic carbocycles. The quantitative estimate of drug-likeness (QED) is 0.389. The Morgan fingerprint density at radius 1 is 1.20 bits per heavy atom. The van der Waals surface area contributed by atoms with Gasteiger partial charge in [-0.25, -0.2) is 9.78 Å². The zero-order valence-corrected chi connectivity index (χ0v) is 21.6. The Morgan fingerprint density at radius 2 is 1.94 bits per heavy atom. The van der Waals surface area contributed by atoms with Crippen molar-refractivity contribution in [1.82, 2.24) is 19.1 Å². The summed E-state index contributed by atoms with van der Waals surface area (Å²) >= 11 is 1.30. The van der Waals surface area contributed by atoms with Gasteiger partial charge in [-0.1, -0.05) is 64.1 Å². The summed E-state index contributed by atoms with van der Waals surface area (Å²) in [6, 6.07) is 8.12. The van der Waals surface area contributed by atoms with Gasteiger partial charge in [-0.05, 0) is 30.4 Å². The van der Waals surface area contributed by atoms with Crippen molar-refractivity contribution in [2.75, 3.05) is 22.9 Å². The van der Waals surface area contributed by atoms with Gasteiger partial charge in [-0.2, -0.15) is 0 Å². The SMILES string of the molecule is CCCCN(C(=O)CSc1nccn1-c1ccccc1C(C)C)c1c(N)n(CCC)c(=O)[nH]c1=O. The molecule has 0 radical (unpaired) electrons. The second kappa shape index (κ2) is 11.9. The lowest BCUT2D eigenvalue weighted by molar-refractivity contribution is -0.116. The number of nitrogen functional groups attached to an aromatic ring is 1. The van der Waals surface area contributed by atoms with E-state index in [9.17, 15) is 14.4 Å². The number of nitrogens with two attached hydrogens (primary N) is 1. The summed E-state index contributed by atoms with van der Waals surface area (Å²) in [6.07, 6.45) is 5.78. The number of carbonyl (C=O) groups excluding carboxylic acids is 1. The Morgan fingerprint density at radius 3 is 2.63 bits per heavy atom. The van der Waals surface area contributed by atoms with Gasteiger partial charge in [0.15, 0.2) is 10.8 Å². The number of thioether (sulfide) groups is 1. The molecular weight excluding hydrogens is 464 g/mol. The summed E-state index contributed by atoms with van der Waals surface area (Å²) in [5.74, 6) is 0.138. The van der Waals surface area contributed by atoms with Crippen LogP contribution in [0.5, 0.6) is 0 Å². The van der Waals surface area contributed by atoms with Crippen molar-refractivity contribution < 1.29 is 4.79 Å². The maximum atomic E-state index is 13.4. The molecule has 3 rings (SSSR count). The van der Waals surface area contributed by atoms with Crippen LogP contribution in [0.4, 0.5) is 11.5 Å². The van der Waals surface area contributed by atoms with Crippen molar-refractivity contribution in [1.29, 1.82) is 0 Å². The number of amides is 1. The molecule has 2 heterocycles. The minimum atomic E-state index is -0.651. The molecule has 35 heavy (non-hydrogen) atoms. The molecule has 0 aliphatic heterocycles. The number of unbranched alkanes of at least 4 members (excludes halogenated alkanes) is 1. The van der Waals surface area contributed by atoms with Crippen molar-refractivity contribution in [3.05, 3.63) is 63.1 Å². The van der Waals surface area contributed by atoms with Crippen LogP contribution in [0.15, 0.2) is 51.4 Å². The average Bonchev–Trinajstić information content (AvgIpc) is 3.30. The number of aromatic nitrogens is 4. The minimum Gasteiger partial charge on any atom is -0.383 e. The number of H-pyrrole nitrogens is 1. The first-order valence-corrected chi connectivity index (χ1v) is 13.0. The third-order valence-electron chi connectivity index (χ3n) is 5.72. The largest absolute Gasteiger partial charge is 0.383 e. The Hall–Kier alpha value is -3.27. The zero-order chi connectivity index (χ0) is 25.5. The number of rotatable bonds is 11. The van der Waals surface area contributed by atoms with Crippen LogP contribution in [0.2, 0.25) is 0 Å². The van der Waals surface area contributed by atoms with E-state index < -0.39 is 11.2 Å². The van der Waals surface area contributed by atoms with E-state index in [0.717, 1.165) is 12.1 Å². The van der Waals surface area contributed by atoms with Gasteiger partial charge in [0.05, 0.1) is 11.4 Å². The normalized spacial score (nSPS) is 11.2. The summed E-state index contributed by atoms with van der Waals surface area (Å²) in [6.45, 7) is 8.87. The van der Waals surface area contributed by atoms with E-state index in [0.29, 0.717) is 37.0 Å². The van der Waals surface area contributed by atoms with Gasteiger partial charge in [0.2, 0.25) is 5.91 Å². The van der Waals surface area contributed by atoms with Gasteiger partial charge < -0.3 is 10.6 Å². The van der Waals surface area contributed by atoms with Crippen LogP contribution in [0.1, 0.15) is 58.4 Å². The maximum Gasteiger partial charge on any atom is 0.330 e. The highest BCUT2D eigenvalue weighted by molar-refractivity contribution is 7.99. The van der Waals surface area contributed by atoms with Crippen LogP contribution in [-0.4, -0.2) is 37.3 Å². The molecule has 1 aromatic carbocycles. The molecule has 188 valence electrons. The molecule has 2 aromatic heterocycles. The van der Waals surface area contributed by atoms with Crippen LogP contribution in [-0.2, 0) is 11.3 Å². The number of para-hydroxylation sites is 1. The van der Waals surface area contributed by atoms with E-state index in [1.807, 2.05) is 42.8 Å². The molecule has 1 amide bonds. The number of benzene rings is 1. The molecule has 0 saturated heterocycles. The number of imidazole rings is 1. The molecule has 9 nitrogen and oxygen atoms in total. The highest BCUT2D eigenvalue weighted by Crippen LogP contribution is 2.28. The molecular formula is C25H34N6O3S. The van der Waals surface area contributed by atoms with Gasteiger partial charge in [-0.15, -0.1) is 0 Å². The number of hydrogen-bond donors (Lipinski definition) is 2. The van der Waals surface area contributed by atoms with E-state index >= 15 is 0 Å². The third kappa shape index (κ3) is 5.87. The molecule has 10 heteroatoms. The van der Waals surface area contributed by atoms with Crippen LogP contribution < -0.4 is 21.9 Å². The molecule has 0 spiro atoms. The zero-order valence-electron chi connectivity index (χ0n) is 20.8. The van der Waals surface area contributed by atoms with E-state index in [2.05, 4.69) is 29.9 Å². The standard InChI is InChI=1S/C25H34N6O3S/c1-5-7-14-30(21-22(26)31(13-6-2)24(34)28-23(21)33)20(32)16-35-25-27-12-15-29(25)19-11-9-8-10-18(19)17(3)4/h8-12,15,17H,5-7,13-14,16,26H2,1-4H3,(H,28,33,34). The van der Waals surface area contributed by atoms with Gasteiger partial charge in [0, 0.05) is 25.5 Å². The predicted molar refractivity (Wildman–Crippen MR) is 142 cm³/mol. The Bertz CT molecular complexity index is 1280. The molecule has 0 bridgehead atoms. The molecule has 0 aliphatic rings. The maximum absolute atomic E-state index is 13.4. The number of anilines is 2. The molecule has 3 aromatic rings. The fraction of sp³-hybridized carbons (Fsp3) is 0.440. The molecule has 0 unspecified atom stereocenters. The van der Waals surface area contributed by atoms with Crippen LogP contribution in [0.25, 0.3) is 5.69 Å². The number of hydrogen-bond acceptors (Lipinski definition) is 6. The predicted octanol–water partition coefficient (Wildman–Crippen LogP) is 3.76. The van der Waals surface area contributed by atoms with E-state index in [1.165, 1.54) is 26.8 Å². The first-order chi connectivity index (χ1) is 16.8. The second-order valence-corrected chi connectivity index (χ2v) is 9.57. The number of aromatic amines is 1. The molecule has 3 N–H and O–H groups in total. The van der Waals surface area contributed by atoms with E-state index in [4.69, 9.17) is 5.73 Å². The Labute approximate surface area is 209 Å². The molecule has 0 atom stereocenters. The fourth-order valence-electron chi connectivity index (χ4n) is 3.94. The smallest absolute Gasteiger partial charge is 0.330 e. The Balaban J connectivity index is 1.91. The van der Waals surface area contributed by atoms with Crippen molar-refractivity contribution >= 4 is 29.2 Å². The van der Waals surface area contributed by atoms with Crippen LogP contribution in [0.3, 0.4) is 0 Å². The monoisotopic (exact) mass is 498 g/mol. The minimum absolute atomic E-state index is 0.0161. The summed E-state index contributed by atoms with van der Waals surface area (Å²) < 4.78 is 3.29. The van der Waals surface area contributed by atoms with E-state index in [1.54, 1.807) is 6.20 Å². The summed E-state index contributed by atoms with van der Waals surface area (Å²) in [7, 11) is 0. The number of nitrogens with zero attached hydrogens (tertiary/aromatic N) is 4. The molecule has 0 saturated carbocycles. The van der Waals surface area contributed by atoms with Crippen molar-refractivity contribution in [2.45, 2.75) is 64.6 Å². The Kier molecular flexibility index (Phi) is 8.97. The fourth-order valence-corrected chi connectivity index (χ4v) is 4.78. The summed E-state index contributed by atoms with van der Waals surface area (Å²) in [5.41, 5.74) is 7.26. The second-order valence-electron chi connectivity index (χ2n) is 8.63.